The molecule has 88 valence electrons. The molecule has 1 aromatic heterocycles. The van der Waals surface area contributed by atoms with Crippen LogP contribution in [-0.4, -0.2) is 10.5 Å². The number of carbonyl (C=O) groups is 1. The minimum Gasteiger partial charge on any atom is -0.326 e. The molecule has 0 amide bonds. The van der Waals surface area contributed by atoms with E-state index in [-0.39, 0.29) is 5.91 Å². The van der Waals surface area contributed by atoms with Gasteiger partial charge in [0.15, 0.2) is 0 Å². The molecule has 0 fully saturated rings. The van der Waals surface area contributed by atoms with Crippen molar-refractivity contribution in [2.45, 2.75) is 13.0 Å². The first-order chi connectivity index (χ1) is 8.19. The van der Waals surface area contributed by atoms with Crippen molar-refractivity contribution in [3.05, 3.63) is 58.9 Å². The molecule has 0 aliphatic rings. The Bertz CT molecular complexity index is 516. The maximum atomic E-state index is 11.9. The number of aromatic nitrogens is 1. The van der Waals surface area contributed by atoms with Gasteiger partial charge in [-0.25, -0.2) is 0 Å². The number of rotatable bonds is 3. The second kappa shape index (κ2) is 5.17. The van der Waals surface area contributed by atoms with Crippen LogP contribution in [0.15, 0.2) is 42.7 Å². The molecule has 0 radical (unpaired) electrons. The molecular weight excluding hydrogens is 236 g/mol. The number of carbonyl (C=O) groups excluding carboxylic acids is 1. The molecule has 0 bridgehead atoms. The molecule has 1 heterocycles. The molecule has 17 heavy (non-hydrogen) atoms. The van der Waals surface area contributed by atoms with E-state index in [9.17, 15) is 4.79 Å². The lowest BCUT2D eigenvalue weighted by molar-refractivity contribution is 0.0914. The third kappa shape index (κ3) is 2.96. The van der Waals surface area contributed by atoms with Gasteiger partial charge in [-0.3, -0.25) is 9.36 Å². The number of benzene rings is 1. The monoisotopic (exact) mass is 248 g/mol. The predicted molar refractivity (Wildman–Crippen MR) is 68.1 cm³/mol. The summed E-state index contributed by atoms with van der Waals surface area (Å²) >= 11 is 5.78. The van der Waals surface area contributed by atoms with Crippen molar-refractivity contribution in [3.63, 3.8) is 0 Å². The Morgan fingerprint density at radius 2 is 1.88 bits per heavy atom. The summed E-state index contributed by atoms with van der Waals surface area (Å²) in [7, 11) is 0. The molecule has 0 aliphatic carbocycles. The Kier molecular flexibility index (Phi) is 3.61. The van der Waals surface area contributed by atoms with Crippen molar-refractivity contribution in [2.75, 3.05) is 0 Å². The number of nitrogens with two attached hydrogens (primary N) is 1. The maximum Gasteiger partial charge on any atom is 0.234 e. The quantitative estimate of drug-likeness (QED) is 0.907. The van der Waals surface area contributed by atoms with Crippen LogP contribution < -0.4 is 5.73 Å². The summed E-state index contributed by atoms with van der Waals surface area (Å²) in [6, 6.07) is 9.12. The van der Waals surface area contributed by atoms with Crippen LogP contribution in [0, 0.1) is 0 Å². The SMILES string of the molecule is NCc1ccn(C(=O)Cc2ccc(Cl)cc2)c1. The standard InChI is InChI=1S/C13H13ClN2O/c14-12-3-1-10(2-4-12)7-13(17)16-6-5-11(8-15)9-16/h1-6,9H,7-8,15H2. The summed E-state index contributed by atoms with van der Waals surface area (Å²) in [6.45, 7) is 0.446. The number of hydrogen-bond donors (Lipinski definition) is 1. The van der Waals surface area contributed by atoms with E-state index >= 15 is 0 Å². The van der Waals surface area contributed by atoms with Gasteiger partial charge in [-0.1, -0.05) is 23.7 Å². The molecule has 0 atom stereocenters. The minimum absolute atomic E-state index is 0.0204. The Morgan fingerprint density at radius 3 is 2.47 bits per heavy atom. The fourth-order valence-corrected chi connectivity index (χ4v) is 1.71. The van der Waals surface area contributed by atoms with Crippen LogP contribution in [0.4, 0.5) is 0 Å². The van der Waals surface area contributed by atoms with Crippen LogP contribution in [0.2, 0.25) is 5.02 Å². The van der Waals surface area contributed by atoms with E-state index in [0.29, 0.717) is 18.0 Å². The first kappa shape index (κ1) is 11.9. The number of nitrogens with zero attached hydrogens (tertiary/aromatic N) is 1. The highest BCUT2D eigenvalue weighted by Crippen LogP contribution is 2.11. The highest BCUT2D eigenvalue weighted by atomic mass is 35.5. The van der Waals surface area contributed by atoms with Crippen LogP contribution in [0.3, 0.4) is 0 Å². The molecule has 3 nitrogen and oxygen atoms in total. The topological polar surface area (TPSA) is 48.0 Å². The molecule has 4 heteroatoms. The van der Waals surface area contributed by atoms with Crippen molar-refractivity contribution in [1.29, 1.82) is 0 Å². The minimum atomic E-state index is 0.0204. The number of halogens is 1. The third-order valence-electron chi connectivity index (χ3n) is 2.55. The molecular formula is C13H13ClN2O. The number of hydrogen-bond acceptors (Lipinski definition) is 2. The average Bonchev–Trinajstić information content (AvgIpc) is 2.81. The largest absolute Gasteiger partial charge is 0.326 e. The lowest BCUT2D eigenvalue weighted by Gasteiger charge is -2.02. The van der Waals surface area contributed by atoms with Gasteiger partial charge in [0, 0.05) is 24.0 Å². The van der Waals surface area contributed by atoms with Crippen LogP contribution in [0.5, 0.6) is 0 Å². The van der Waals surface area contributed by atoms with Gasteiger partial charge < -0.3 is 5.73 Å². The van der Waals surface area contributed by atoms with Crippen molar-refractivity contribution in [2.24, 2.45) is 5.73 Å². The van der Waals surface area contributed by atoms with Crippen molar-refractivity contribution in [1.82, 2.24) is 4.57 Å². The van der Waals surface area contributed by atoms with E-state index in [1.807, 2.05) is 18.2 Å². The van der Waals surface area contributed by atoms with Crippen molar-refractivity contribution in [3.8, 4) is 0 Å². The summed E-state index contributed by atoms with van der Waals surface area (Å²) < 4.78 is 1.57. The molecule has 0 aliphatic heterocycles. The maximum absolute atomic E-state index is 11.9. The van der Waals surface area contributed by atoms with Gasteiger partial charge in [0.1, 0.15) is 0 Å². The lowest BCUT2D eigenvalue weighted by Crippen LogP contribution is -2.11. The lowest BCUT2D eigenvalue weighted by atomic mass is 10.1. The van der Waals surface area contributed by atoms with Gasteiger partial charge in [-0.05, 0) is 29.3 Å². The van der Waals surface area contributed by atoms with Crippen molar-refractivity contribution < 1.29 is 4.79 Å². The van der Waals surface area contributed by atoms with E-state index in [0.717, 1.165) is 11.1 Å². The average molecular weight is 249 g/mol. The van der Waals surface area contributed by atoms with Crippen LogP contribution in [0.25, 0.3) is 0 Å². The second-order valence-corrected chi connectivity index (χ2v) is 4.26. The van der Waals surface area contributed by atoms with E-state index < -0.39 is 0 Å². The van der Waals surface area contributed by atoms with Crippen LogP contribution in [-0.2, 0) is 13.0 Å². The molecule has 0 saturated carbocycles. The molecule has 2 aromatic rings. The first-order valence-electron chi connectivity index (χ1n) is 5.33. The van der Waals surface area contributed by atoms with Gasteiger partial charge in [0.2, 0.25) is 5.91 Å². The van der Waals surface area contributed by atoms with Crippen molar-refractivity contribution >= 4 is 17.5 Å². The van der Waals surface area contributed by atoms with Crippen LogP contribution in [0.1, 0.15) is 15.9 Å². The molecule has 0 spiro atoms. The Balaban J connectivity index is 2.08. The van der Waals surface area contributed by atoms with Crippen LogP contribution >= 0.6 is 11.6 Å². The second-order valence-electron chi connectivity index (χ2n) is 3.83. The fourth-order valence-electron chi connectivity index (χ4n) is 1.58. The van der Waals surface area contributed by atoms with E-state index in [1.54, 1.807) is 29.1 Å². The molecule has 1 aromatic carbocycles. The Labute approximate surface area is 105 Å². The molecule has 0 unspecified atom stereocenters. The highest BCUT2D eigenvalue weighted by Gasteiger charge is 2.06. The van der Waals surface area contributed by atoms with E-state index in [2.05, 4.69) is 0 Å². The Morgan fingerprint density at radius 1 is 1.18 bits per heavy atom. The Hall–Kier alpha value is -1.58. The predicted octanol–water partition coefficient (Wildman–Crippen LogP) is 2.48. The van der Waals surface area contributed by atoms with Gasteiger partial charge in [0.25, 0.3) is 0 Å². The van der Waals surface area contributed by atoms with Gasteiger partial charge >= 0.3 is 0 Å². The summed E-state index contributed by atoms with van der Waals surface area (Å²) in [5.74, 6) is 0.0204. The van der Waals surface area contributed by atoms with Gasteiger partial charge in [0.05, 0.1) is 6.42 Å². The van der Waals surface area contributed by atoms with Gasteiger partial charge in [-0.15, -0.1) is 0 Å². The smallest absolute Gasteiger partial charge is 0.234 e. The summed E-state index contributed by atoms with van der Waals surface area (Å²) in [5, 5.41) is 0.674. The fraction of sp³-hybridized carbons (Fsp3) is 0.154. The summed E-state index contributed by atoms with van der Waals surface area (Å²) in [5.41, 5.74) is 7.39. The van der Waals surface area contributed by atoms with E-state index in [4.69, 9.17) is 17.3 Å². The third-order valence-corrected chi connectivity index (χ3v) is 2.80. The molecule has 0 saturated heterocycles. The first-order valence-corrected chi connectivity index (χ1v) is 5.71. The molecule has 2 rings (SSSR count). The summed E-state index contributed by atoms with van der Waals surface area (Å²) in [4.78, 5) is 11.9. The summed E-state index contributed by atoms with van der Waals surface area (Å²) in [6.07, 6.45) is 3.86. The zero-order valence-corrected chi connectivity index (χ0v) is 10.0. The normalized spacial score (nSPS) is 10.5. The van der Waals surface area contributed by atoms with E-state index in [1.165, 1.54) is 0 Å². The van der Waals surface area contributed by atoms with Gasteiger partial charge in [-0.2, -0.15) is 0 Å². The molecule has 2 N–H and O–H groups in total. The zero-order chi connectivity index (χ0) is 12.3. The highest BCUT2D eigenvalue weighted by molar-refractivity contribution is 6.30. The zero-order valence-electron chi connectivity index (χ0n) is 9.27.